The number of aliphatic hydroxyl groups is 1. The van der Waals surface area contributed by atoms with Gasteiger partial charge < -0.3 is 16.2 Å². The van der Waals surface area contributed by atoms with E-state index >= 15 is 0 Å². The van der Waals surface area contributed by atoms with Crippen molar-refractivity contribution >= 4 is 17.3 Å². The van der Waals surface area contributed by atoms with Gasteiger partial charge in [-0.2, -0.15) is 0 Å². The number of likely N-dealkylation sites (tertiary alicyclic amines) is 1. The molecule has 5 heteroatoms. The smallest absolute Gasteiger partial charge is 0.238 e. The first-order valence-electron chi connectivity index (χ1n) is 7.58. The average molecular weight is 291 g/mol. The van der Waals surface area contributed by atoms with Crippen LogP contribution in [-0.4, -0.2) is 42.2 Å². The number of anilines is 2. The lowest BCUT2D eigenvalue weighted by molar-refractivity contribution is -0.117. The maximum absolute atomic E-state index is 12.2. The minimum Gasteiger partial charge on any atom is -0.398 e. The Morgan fingerprint density at radius 2 is 2.33 bits per heavy atom. The molecule has 0 aromatic heterocycles. The summed E-state index contributed by atoms with van der Waals surface area (Å²) >= 11 is 0. The van der Waals surface area contributed by atoms with E-state index in [4.69, 9.17) is 10.8 Å². The number of hydrogen-bond donors (Lipinski definition) is 3. The molecular weight excluding hydrogens is 266 g/mol. The Kier molecular flexibility index (Phi) is 5.59. The van der Waals surface area contributed by atoms with Crippen molar-refractivity contribution in [2.45, 2.75) is 26.2 Å². The lowest BCUT2D eigenvalue weighted by atomic mass is 9.95. The molecule has 1 aliphatic heterocycles. The van der Waals surface area contributed by atoms with E-state index in [1.807, 2.05) is 25.1 Å². The molecule has 1 unspecified atom stereocenters. The first-order chi connectivity index (χ1) is 10.1. The summed E-state index contributed by atoms with van der Waals surface area (Å²) in [4.78, 5) is 14.3. The van der Waals surface area contributed by atoms with Crippen LogP contribution in [0.4, 0.5) is 11.4 Å². The number of aliphatic hydroxyl groups excluding tert-OH is 1. The second-order valence-corrected chi connectivity index (χ2v) is 5.82. The molecule has 116 valence electrons. The van der Waals surface area contributed by atoms with E-state index in [9.17, 15) is 4.79 Å². The molecule has 5 nitrogen and oxygen atoms in total. The molecule has 21 heavy (non-hydrogen) atoms. The van der Waals surface area contributed by atoms with E-state index in [0.717, 1.165) is 43.6 Å². The lowest BCUT2D eigenvalue weighted by Crippen LogP contribution is -2.40. The van der Waals surface area contributed by atoms with Gasteiger partial charge in [-0.3, -0.25) is 9.69 Å². The molecule has 0 aliphatic carbocycles. The maximum atomic E-state index is 12.2. The summed E-state index contributed by atoms with van der Waals surface area (Å²) in [7, 11) is 0. The Morgan fingerprint density at radius 1 is 1.52 bits per heavy atom. The van der Waals surface area contributed by atoms with Gasteiger partial charge in [0.25, 0.3) is 0 Å². The van der Waals surface area contributed by atoms with Gasteiger partial charge in [0.05, 0.1) is 6.54 Å². The molecule has 1 amide bonds. The largest absolute Gasteiger partial charge is 0.398 e. The van der Waals surface area contributed by atoms with Gasteiger partial charge in [-0.1, -0.05) is 6.07 Å². The highest BCUT2D eigenvalue weighted by molar-refractivity contribution is 5.93. The summed E-state index contributed by atoms with van der Waals surface area (Å²) in [6.45, 7) is 4.38. The lowest BCUT2D eigenvalue weighted by Gasteiger charge is -2.31. The SMILES string of the molecule is Cc1c(N)cccc1NC(=O)CN1CCCC(CCO)C1. The summed E-state index contributed by atoms with van der Waals surface area (Å²) in [5.41, 5.74) is 8.22. The molecule has 1 aromatic rings. The zero-order valence-electron chi connectivity index (χ0n) is 12.6. The monoisotopic (exact) mass is 291 g/mol. The maximum Gasteiger partial charge on any atom is 0.238 e. The molecule has 2 rings (SSSR count). The fraction of sp³-hybridized carbons (Fsp3) is 0.562. The molecule has 0 saturated carbocycles. The number of rotatable bonds is 5. The third kappa shape index (κ3) is 4.44. The van der Waals surface area contributed by atoms with Gasteiger partial charge in [0.1, 0.15) is 0 Å². The fourth-order valence-electron chi connectivity index (χ4n) is 2.89. The highest BCUT2D eigenvalue weighted by Gasteiger charge is 2.21. The van der Waals surface area contributed by atoms with E-state index in [0.29, 0.717) is 18.2 Å². The van der Waals surface area contributed by atoms with Crippen molar-refractivity contribution < 1.29 is 9.90 Å². The van der Waals surface area contributed by atoms with Crippen molar-refractivity contribution in [3.8, 4) is 0 Å². The van der Waals surface area contributed by atoms with Crippen molar-refractivity contribution in [2.75, 3.05) is 37.3 Å². The van der Waals surface area contributed by atoms with Crippen molar-refractivity contribution in [1.29, 1.82) is 0 Å². The van der Waals surface area contributed by atoms with Gasteiger partial charge >= 0.3 is 0 Å². The number of carbonyl (C=O) groups excluding carboxylic acids is 1. The average Bonchev–Trinajstić information content (AvgIpc) is 2.44. The van der Waals surface area contributed by atoms with Gasteiger partial charge in [0, 0.05) is 24.5 Å². The molecule has 1 heterocycles. The summed E-state index contributed by atoms with van der Waals surface area (Å²) < 4.78 is 0. The number of hydrogen-bond acceptors (Lipinski definition) is 4. The molecule has 0 radical (unpaired) electrons. The van der Waals surface area contributed by atoms with Gasteiger partial charge in [0.15, 0.2) is 0 Å². The Bertz CT molecular complexity index is 488. The Balaban J connectivity index is 1.88. The Labute approximate surface area is 126 Å². The molecule has 1 aliphatic rings. The summed E-state index contributed by atoms with van der Waals surface area (Å²) in [5.74, 6) is 0.499. The van der Waals surface area contributed by atoms with Crippen molar-refractivity contribution in [3.05, 3.63) is 23.8 Å². The first-order valence-corrected chi connectivity index (χ1v) is 7.58. The molecule has 1 fully saturated rings. The summed E-state index contributed by atoms with van der Waals surface area (Å²) in [6, 6.07) is 5.54. The van der Waals surface area contributed by atoms with Gasteiger partial charge in [0.2, 0.25) is 5.91 Å². The fourth-order valence-corrected chi connectivity index (χ4v) is 2.89. The van der Waals surface area contributed by atoms with Crippen LogP contribution < -0.4 is 11.1 Å². The third-order valence-corrected chi connectivity index (χ3v) is 4.16. The highest BCUT2D eigenvalue weighted by Crippen LogP contribution is 2.21. The second kappa shape index (κ2) is 7.43. The second-order valence-electron chi connectivity index (χ2n) is 5.82. The predicted octanol–water partition coefficient (Wildman–Crippen LogP) is 1.61. The normalized spacial score (nSPS) is 19.4. The minimum absolute atomic E-state index is 0.00616. The van der Waals surface area contributed by atoms with Crippen LogP contribution in [0.2, 0.25) is 0 Å². The molecule has 1 saturated heterocycles. The van der Waals surface area contributed by atoms with E-state index in [-0.39, 0.29) is 12.5 Å². The van der Waals surface area contributed by atoms with Gasteiger partial charge in [-0.25, -0.2) is 0 Å². The van der Waals surface area contributed by atoms with Crippen LogP contribution in [0, 0.1) is 12.8 Å². The van der Waals surface area contributed by atoms with Crippen LogP contribution in [0.1, 0.15) is 24.8 Å². The molecule has 4 N–H and O–H groups in total. The number of nitrogens with zero attached hydrogens (tertiary/aromatic N) is 1. The molecule has 1 aromatic carbocycles. The summed E-state index contributed by atoms with van der Waals surface area (Å²) in [5, 5.41) is 12.0. The van der Waals surface area contributed by atoms with Gasteiger partial charge in [-0.05, 0) is 56.3 Å². The van der Waals surface area contributed by atoms with Gasteiger partial charge in [-0.15, -0.1) is 0 Å². The molecule has 1 atom stereocenters. The Morgan fingerprint density at radius 3 is 3.10 bits per heavy atom. The van der Waals surface area contributed by atoms with E-state index in [1.165, 1.54) is 0 Å². The van der Waals surface area contributed by atoms with Crippen LogP contribution in [0.5, 0.6) is 0 Å². The number of nitrogens with two attached hydrogens (primary N) is 1. The van der Waals surface area contributed by atoms with E-state index < -0.39 is 0 Å². The topological polar surface area (TPSA) is 78.6 Å². The summed E-state index contributed by atoms with van der Waals surface area (Å²) in [6.07, 6.45) is 3.06. The highest BCUT2D eigenvalue weighted by atomic mass is 16.3. The number of piperidine rings is 1. The molecule has 0 bridgehead atoms. The standard InChI is InChI=1S/C16H25N3O2/c1-12-14(17)5-2-6-15(12)18-16(21)11-19-8-3-4-13(10-19)7-9-20/h2,5-6,13,20H,3-4,7-11,17H2,1H3,(H,18,21). The van der Waals surface area contributed by atoms with E-state index in [1.54, 1.807) is 0 Å². The van der Waals surface area contributed by atoms with Crippen LogP contribution in [0.15, 0.2) is 18.2 Å². The number of nitrogens with one attached hydrogen (secondary N) is 1. The number of amides is 1. The number of benzene rings is 1. The van der Waals surface area contributed by atoms with Crippen LogP contribution in [0.3, 0.4) is 0 Å². The van der Waals surface area contributed by atoms with Crippen molar-refractivity contribution in [1.82, 2.24) is 4.90 Å². The van der Waals surface area contributed by atoms with Crippen molar-refractivity contribution in [2.24, 2.45) is 5.92 Å². The number of nitrogen functional groups attached to an aromatic ring is 1. The predicted molar refractivity (Wildman–Crippen MR) is 85.1 cm³/mol. The minimum atomic E-state index is -0.00616. The van der Waals surface area contributed by atoms with Crippen LogP contribution in [0.25, 0.3) is 0 Å². The zero-order chi connectivity index (χ0) is 15.2. The molecule has 0 spiro atoms. The van der Waals surface area contributed by atoms with Crippen molar-refractivity contribution in [3.63, 3.8) is 0 Å². The third-order valence-electron chi connectivity index (χ3n) is 4.16. The first kappa shape index (κ1) is 15.8. The quantitative estimate of drug-likeness (QED) is 0.720. The Hall–Kier alpha value is -1.59. The van der Waals surface area contributed by atoms with E-state index in [2.05, 4.69) is 10.2 Å². The molecular formula is C16H25N3O2. The number of carbonyl (C=O) groups is 1. The van der Waals surface area contributed by atoms with Crippen LogP contribution in [-0.2, 0) is 4.79 Å². The zero-order valence-corrected chi connectivity index (χ0v) is 12.6. The van der Waals surface area contributed by atoms with Crippen LogP contribution >= 0.6 is 0 Å².